The summed E-state index contributed by atoms with van der Waals surface area (Å²) in [6.45, 7) is 6.91. The maximum absolute atomic E-state index is 13.2. The zero-order chi connectivity index (χ0) is 25.1. The summed E-state index contributed by atoms with van der Waals surface area (Å²) >= 11 is 3.94. The first-order chi connectivity index (χ1) is 17.5. The van der Waals surface area contributed by atoms with Gasteiger partial charge < -0.3 is 9.30 Å². The summed E-state index contributed by atoms with van der Waals surface area (Å²) in [6, 6.07) is 11.7. The number of likely N-dealkylation sites (tertiary alicyclic amines) is 1. The van der Waals surface area contributed by atoms with Crippen molar-refractivity contribution in [3.63, 3.8) is 0 Å². The van der Waals surface area contributed by atoms with E-state index in [1.54, 1.807) is 17.8 Å². The van der Waals surface area contributed by atoms with Crippen molar-refractivity contribution in [3.8, 4) is 5.75 Å². The third-order valence-electron chi connectivity index (χ3n) is 5.39. The van der Waals surface area contributed by atoms with Crippen molar-refractivity contribution in [2.75, 3.05) is 25.0 Å². The number of hydrogen-bond donors (Lipinski definition) is 1. The van der Waals surface area contributed by atoms with Gasteiger partial charge in [0, 0.05) is 41.5 Å². The predicted molar refractivity (Wildman–Crippen MR) is 139 cm³/mol. The molecule has 10 nitrogen and oxygen atoms in total. The van der Waals surface area contributed by atoms with Gasteiger partial charge in [0.25, 0.3) is 5.91 Å². The fourth-order valence-electron chi connectivity index (χ4n) is 3.45. The Morgan fingerprint density at radius 2 is 1.97 bits per heavy atom. The summed E-state index contributed by atoms with van der Waals surface area (Å²) in [4.78, 5) is 26.1. The Bertz CT molecular complexity index is 1350. The number of carbonyl (C=O) groups excluding carboxylic acids is 1. The van der Waals surface area contributed by atoms with E-state index in [4.69, 9.17) is 4.74 Å². The molecule has 1 fully saturated rings. The van der Waals surface area contributed by atoms with Crippen molar-refractivity contribution in [2.24, 2.45) is 7.05 Å². The maximum Gasteiger partial charge on any atom is 0.277 e. The van der Waals surface area contributed by atoms with E-state index in [1.807, 2.05) is 43.4 Å². The highest BCUT2D eigenvalue weighted by Crippen LogP contribution is 2.34. The van der Waals surface area contributed by atoms with Crippen LogP contribution in [0.15, 0.2) is 62.7 Å². The fraction of sp³-hybridized carbons (Fsp3) is 0.304. The van der Waals surface area contributed by atoms with Crippen LogP contribution in [0.1, 0.15) is 23.2 Å². The largest absolute Gasteiger partial charge is 0.488 e. The third kappa shape index (κ3) is 5.86. The molecule has 1 amide bonds. The number of likely N-dealkylation sites (N-methyl/N-ethyl adjacent to an activating group) is 1. The van der Waals surface area contributed by atoms with Gasteiger partial charge in [-0.3, -0.25) is 15.0 Å². The van der Waals surface area contributed by atoms with Gasteiger partial charge in [-0.15, -0.1) is 10.2 Å². The van der Waals surface area contributed by atoms with Crippen LogP contribution < -0.4 is 10.1 Å². The van der Waals surface area contributed by atoms with E-state index in [0.717, 1.165) is 46.7 Å². The highest BCUT2D eigenvalue weighted by molar-refractivity contribution is 7.99. The van der Waals surface area contributed by atoms with Crippen molar-refractivity contribution in [1.29, 1.82) is 0 Å². The summed E-state index contributed by atoms with van der Waals surface area (Å²) in [5.41, 5.74) is 0.300. The van der Waals surface area contributed by atoms with E-state index in [0.29, 0.717) is 26.8 Å². The molecule has 3 aromatic heterocycles. The maximum atomic E-state index is 13.2. The molecule has 13 heteroatoms. The van der Waals surface area contributed by atoms with Crippen LogP contribution in [0, 0.1) is 6.92 Å². The first-order valence-electron chi connectivity index (χ1n) is 11.3. The second kappa shape index (κ2) is 10.9. The zero-order valence-corrected chi connectivity index (χ0v) is 22.4. The van der Waals surface area contributed by atoms with Crippen LogP contribution in [-0.2, 0) is 7.05 Å². The van der Waals surface area contributed by atoms with Gasteiger partial charge >= 0.3 is 0 Å². The molecule has 0 saturated carbocycles. The molecular weight excluding hydrogens is 517 g/mol. The molecule has 36 heavy (non-hydrogen) atoms. The average Bonchev–Trinajstić information content (AvgIpc) is 3.45. The van der Waals surface area contributed by atoms with Crippen LogP contribution in [-0.4, -0.2) is 65.7 Å². The predicted octanol–water partition coefficient (Wildman–Crippen LogP) is 4.01. The van der Waals surface area contributed by atoms with E-state index in [1.165, 1.54) is 23.5 Å². The first kappa shape index (κ1) is 24.7. The van der Waals surface area contributed by atoms with E-state index >= 15 is 0 Å². The summed E-state index contributed by atoms with van der Waals surface area (Å²) < 4.78 is 12.0. The number of aromatic nitrogens is 6. The molecule has 5 rings (SSSR count). The van der Waals surface area contributed by atoms with Gasteiger partial charge in [-0.05, 0) is 61.6 Å². The Morgan fingerprint density at radius 1 is 1.17 bits per heavy atom. The number of nitrogens with one attached hydrogen (secondary N) is 1. The Kier molecular flexibility index (Phi) is 7.51. The lowest BCUT2D eigenvalue weighted by Crippen LogP contribution is -2.53. The number of benzene rings is 1. The van der Waals surface area contributed by atoms with Gasteiger partial charge in [0.15, 0.2) is 5.16 Å². The molecule has 1 N–H and O–H groups in total. The Hall–Kier alpha value is -3.00. The zero-order valence-electron chi connectivity index (χ0n) is 19.9. The second-order valence-corrected chi connectivity index (χ2v) is 10.9. The lowest BCUT2D eigenvalue weighted by molar-refractivity contribution is 0.0238. The molecule has 4 heterocycles. The molecule has 0 radical (unpaired) electrons. The number of aryl methyl sites for hydroxylation is 2. The molecule has 1 aromatic carbocycles. The molecule has 4 aromatic rings. The Balaban J connectivity index is 1.34. The molecule has 0 bridgehead atoms. The fourth-order valence-corrected chi connectivity index (χ4v) is 5.66. The molecule has 1 aliphatic rings. The lowest BCUT2D eigenvalue weighted by Gasteiger charge is -2.38. The summed E-state index contributed by atoms with van der Waals surface area (Å²) in [5.74, 6) is 1.11. The van der Waals surface area contributed by atoms with Gasteiger partial charge in [-0.1, -0.05) is 18.7 Å². The van der Waals surface area contributed by atoms with E-state index in [2.05, 4.69) is 41.7 Å². The van der Waals surface area contributed by atoms with E-state index in [9.17, 15) is 4.79 Å². The summed E-state index contributed by atoms with van der Waals surface area (Å²) in [5, 5.41) is 12.6. The number of anilines is 1. The number of pyridine rings is 1. The minimum Gasteiger partial charge on any atom is -0.488 e. The molecule has 0 spiro atoms. The van der Waals surface area contributed by atoms with Crippen LogP contribution in [0.3, 0.4) is 0 Å². The van der Waals surface area contributed by atoms with Gasteiger partial charge in [0.1, 0.15) is 34.7 Å². The second-order valence-electron chi connectivity index (χ2n) is 8.09. The topological polar surface area (TPSA) is 111 Å². The van der Waals surface area contributed by atoms with E-state index < -0.39 is 0 Å². The highest BCUT2D eigenvalue weighted by atomic mass is 32.2. The summed E-state index contributed by atoms with van der Waals surface area (Å²) in [7, 11) is 1.86. The van der Waals surface area contributed by atoms with Crippen LogP contribution >= 0.6 is 35.1 Å². The smallest absolute Gasteiger partial charge is 0.277 e. The molecule has 1 saturated heterocycles. The third-order valence-corrected chi connectivity index (χ3v) is 8.15. The molecule has 0 atom stereocenters. The molecule has 0 unspecified atom stereocenters. The molecular formula is C23H24N8O2S3. The van der Waals surface area contributed by atoms with Crippen LogP contribution in [0.4, 0.5) is 5.13 Å². The molecule has 0 aliphatic carbocycles. The minimum absolute atomic E-state index is 0.242. The first-order valence-corrected chi connectivity index (χ1v) is 13.7. The van der Waals surface area contributed by atoms with Gasteiger partial charge in [-0.2, -0.15) is 4.37 Å². The van der Waals surface area contributed by atoms with Crippen molar-refractivity contribution >= 4 is 46.1 Å². The average molecular weight is 541 g/mol. The van der Waals surface area contributed by atoms with Gasteiger partial charge in [0.05, 0.1) is 0 Å². The van der Waals surface area contributed by atoms with E-state index in [-0.39, 0.29) is 12.0 Å². The van der Waals surface area contributed by atoms with Crippen molar-refractivity contribution in [2.45, 2.75) is 39.9 Å². The number of rotatable bonds is 9. The lowest BCUT2D eigenvalue weighted by atomic mass is 10.2. The number of nitrogens with zero attached hydrogens (tertiary/aromatic N) is 7. The van der Waals surface area contributed by atoms with Crippen molar-refractivity contribution < 1.29 is 9.53 Å². The van der Waals surface area contributed by atoms with Crippen LogP contribution in [0.25, 0.3) is 0 Å². The van der Waals surface area contributed by atoms with Crippen molar-refractivity contribution in [1.82, 2.24) is 34.0 Å². The SMILES string of the molecule is CCN1CC(Oc2ccc(Sc3ccc(Sc4nncn4C)nc3C(=O)Nc3nc(C)ns3)cc2)C1. The monoisotopic (exact) mass is 540 g/mol. The molecule has 1 aliphatic heterocycles. The normalized spacial score (nSPS) is 14.0. The number of amides is 1. The Labute approximate surface area is 221 Å². The Morgan fingerprint density at radius 3 is 2.64 bits per heavy atom. The standard InChI is InChI=1S/C23H24N8O2S3/c1-4-31-11-16(12-31)33-15-5-7-17(8-6-15)34-18-9-10-19(35-23-28-24-13-30(23)3)26-20(18)21(32)27-22-25-14(2)29-36-22/h5-10,13,16H,4,11-12H2,1-3H3,(H,25,27,29,32). The van der Waals surface area contributed by atoms with Gasteiger partial charge in [0.2, 0.25) is 5.13 Å². The summed E-state index contributed by atoms with van der Waals surface area (Å²) in [6.07, 6.45) is 1.86. The quantitative estimate of drug-likeness (QED) is 0.334. The van der Waals surface area contributed by atoms with Gasteiger partial charge in [-0.25, -0.2) is 9.97 Å². The number of hydrogen-bond acceptors (Lipinski definition) is 11. The number of ether oxygens (including phenoxy) is 1. The van der Waals surface area contributed by atoms with Crippen LogP contribution in [0.2, 0.25) is 0 Å². The van der Waals surface area contributed by atoms with Crippen molar-refractivity contribution in [3.05, 3.63) is 54.2 Å². The van der Waals surface area contributed by atoms with Crippen LogP contribution in [0.5, 0.6) is 5.75 Å². The highest BCUT2D eigenvalue weighted by Gasteiger charge is 2.26. The number of carbonyl (C=O) groups is 1. The minimum atomic E-state index is -0.348. The molecule has 186 valence electrons.